The van der Waals surface area contributed by atoms with Crippen LogP contribution in [0.1, 0.15) is 30.5 Å². The highest BCUT2D eigenvalue weighted by Crippen LogP contribution is 2.25. The van der Waals surface area contributed by atoms with E-state index in [2.05, 4.69) is 5.32 Å². The Kier molecular flexibility index (Phi) is 10.7. The summed E-state index contributed by atoms with van der Waals surface area (Å²) >= 11 is 5.93. The summed E-state index contributed by atoms with van der Waals surface area (Å²) in [4.78, 5) is 29.1. The predicted octanol–water partition coefficient (Wildman–Crippen LogP) is 4.97. The monoisotopic (exact) mass is 587 g/mol. The van der Waals surface area contributed by atoms with Crippen molar-refractivity contribution >= 4 is 39.1 Å². The lowest BCUT2D eigenvalue weighted by molar-refractivity contribution is -0.140. The Balaban J connectivity index is 2.07. The molecule has 2 amide bonds. The molecule has 3 aromatic carbocycles. The van der Waals surface area contributed by atoms with Crippen molar-refractivity contribution in [1.82, 2.24) is 10.2 Å². The van der Waals surface area contributed by atoms with Gasteiger partial charge >= 0.3 is 0 Å². The van der Waals surface area contributed by atoms with Gasteiger partial charge in [0, 0.05) is 19.5 Å². The van der Waals surface area contributed by atoms with E-state index in [1.165, 1.54) is 11.0 Å². The molecule has 0 aromatic heterocycles. The molecule has 0 saturated heterocycles. The highest BCUT2D eigenvalue weighted by Gasteiger charge is 2.33. The zero-order valence-corrected chi connectivity index (χ0v) is 24.7. The van der Waals surface area contributed by atoms with Gasteiger partial charge in [0.05, 0.1) is 17.0 Å². The fourth-order valence-corrected chi connectivity index (χ4v) is 5.22. The smallest absolute Gasteiger partial charge is 0.244 e. The number of nitrogens with zero attached hydrogens (tertiary/aromatic N) is 2. The number of sulfonamides is 1. The largest absolute Gasteiger partial charge is 0.354 e. The van der Waals surface area contributed by atoms with E-state index in [4.69, 9.17) is 11.6 Å². The van der Waals surface area contributed by atoms with Crippen molar-refractivity contribution in [3.05, 3.63) is 100 Å². The average Bonchev–Trinajstić information content (AvgIpc) is 2.90. The van der Waals surface area contributed by atoms with E-state index in [9.17, 15) is 22.4 Å². The fourth-order valence-electron chi connectivity index (χ4n) is 4.20. The van der Waals surface area contributed by atoms with Crippen LogP contribution in [-0.2, 0) is 32.6 Å². The van der Waals surface area contributed by atoms with Gasteiger partial charge in [-0.1, -0.05) is 80.0 Å². The molecule has 214 valence electrons. The van der Waals surface area contributed by atoms with Crippen molar-refractivity contribution in [3.8, 4) is 0 Å². The second-order valence-electron chi connectivity index (χ2n) is 10.2. The van der Waals surface area contributed by atoms with Crippen LogP contribution in [0.4, 0.5) is 10.1 Å². The van der Waals surface area contributed by atoms with Gasteiger partial charge in [0.2, 0.25) is 21.8 Å². The molecule has 0 saturated carbocycles. The number of amides is 2. The van der Waals surface area contributed by atoms with Gasteiger partial charge in [0.1, 0.15) is 18.4 Å². The maximum absolute atomic E-state index is 14.0. The van der Waals surface area contributed by atoms with E-state index >= 15 is 0 Å². The van der Waals surface area contributed by atoms with Crippen molar-refractivity contribution in [2.45, 2.75) is 39.8 Å². The number of halogens is 2. The quantitative estimate of drug-likeness (QED) is 0.324. The summed E-state index contributed by atoms with van der Waals surface area (Å²) < 4.78 is 40.3. The highest BCUT2D eigenvalue weighted by atomic mass is 35.5. The first-order chi connectivity index (χ1) is 18.9. The van der Waals surface area contributed by atoms with Crippen LogP contribution in [0.15, 0.2) is 72.8 Å². The molecule has 0 heterocycles. The topological polar surface area (TPSA) is 86.8 Å². The van der Waals surface area contributed by atoms with E-state index in [1.807, 2.05) is 75.4 Å². The molecule has 3 rings (SSSR count). The molecule has 0 aliphatic carbocycles. The van der Waals surface area contributed by atoms with E-state index in [0.717, 1.165) is 39.4 Å². The van der Waals surface area contributed by atoms with Gasteiger partial charge in [-0.05, 0) is 47.7 Å². The number of aryl methyl sites for hydroxylation is 1. The van der Waals surface area contributed by atoms with Crippen LogP contribution < -0.4 is 9.62 Å². The van der Waals surface area contributed by atoms with Crippen LogP contribution in [0.5, 0.6) is 0 Å². The number of hydrogen-bond donors (Lipinski definition) is 1. The minimum atomic E-state index is -3.98. The Morgan fingerprint density at radius 1 is 1.00 bits per heavy atom. The zero-order chi connectivity index (χ0) is 29.4. The molecule has 0 fully saturated rings. The molecule has 0 aliphatic rings. The molecule has 7 nitrogen and oxygen atoms in total. The van der Waals surface area contributed by atoms with Crippen LogP contribution in [0.2, 0.25) is 5.02 Å². The fraction of sp³-hybridized carbons (Fsp3) is 0.333. The molecule has 0 radical (unpaired) electrons. The molecule has 10 heteroatoms. The van der Waals surface area contributed by atoms with Crippen LogP contribution in [-0.4, -0.2) is 50.5 Å². The number of carbonyl (C=O) groups excluding carboxylic acids is 2. The molecule has 40 heavy (non-hydrogen) atoms. The van der Waals surface area contributed by atoms with Gasteiger partial charge in [-0.3, -0.25) is 13.9 Å². The third-order valence-electron chi connectivity index (χ3n) is 6.43. The minimum Gasteiger partial charge on any atom is -0.354 e. The molecular weight excluding hydrogens is 553 g/mol. The third-order valence-corrected chi connectivity index (χ3v) is 7.86. The minimum absolute atomic E-state index is 0.0435. The van der Waals surface area contributed by atoms with Gasteiger partial charge in [-0.15, -0.1) is 0 Å². The number of rotatable bonds is 12. The van der Waals surface area contributed by atoms with E-state index < -0.39 is 34.3 Å². The summed E-state index contributed by atoms with van der Waals surface area (Å²) in [7, 11) is -3.98. The summed E-state index contributed by atoms with van der Waals surface area (Å²) in [6, 6.07) is 19.4. The first-order valence-corrected chi connectivity index (χ1v) is 15.2. The Bertz CT molecular complexity index is 1430. The van der Waals surface area contributed by atoms with Crippen molar-refractivity contribution in [2.24, 2.45) is 5.92 Å². The lowest BCUT2D eigenvalue weighted by Crippen LogP contribution is -2.53. The van der Waals surface area contributed by atoms with E-state index in [1.54, 1.807) is 0 Å². The molecule has 1 atom stereocenters. The molecule has 0 spiro atoms. The van der Waals surface area contributed by atoms with Crippen molar-refractivity contribution in [2.75, 3.05) is 23.7 Å². The van der Waals surface area contributed by atoms with Gasteiger partial charge < -0.3 is 10.2 Å². The number of anilines is 1. The van der Waals surface area contributed by atoms with Crippen LogP contribution in [0.3, 0.4) is 0 Å². The molecule has 0 aliphatic heterocycles. The average molecular weight is 588 g/mol. The molecule has 3 aromatic rings. The second kappa shape index (κ2) is 13.8. The molecule has 1 N–H and O–H groups in total. The number of hydrogen-bond acceptors (Lipinski definition) is 4. The van der Waals surface area contributed by atoms with E-state index in [-0.39, 0.29) is 35.5 Å². The normalized spacial score (nSPS) is 12.2. The predicted molar refractivity (Wildman–Crippen MR) is 157 cm³/mol. The maximum atomic E-state index is 14.0. The van der Waals surface area contributed by atoms with Gasteiger partial charge in [-0.2, -0.15) is 0 Å². The SMILES string of the molecule is Cc1ccccc1CN(C(=O)CN(c1ccc(F)c(Cl)c1)S(C)(=O)=O)C(Cc1ccccc1)C(=O)NCC(C)C. The molecule has 1 unspecified atom stereocenters. The summed E-state index contributed by atoms with van der Waals surface area (Å²) in [5, 5.41) is 2.67. The van der Waals surface area contributed by atoms with Gasteiger partial charge in [-0.25, -0.2) is 12.8 Å². The molecular formula is C30H35ClFN3O4S. The van der Waals surface area contributed by atoms with Crippen LogP contribution >= 0.6 is 11.6 Å². The third kappa shape index (κ3) is 8.53. The summed E-state index contributed by atoms with van der Waals surface area (Å²) in [6.45, 7) is 5.75. The lowest BCUT2D eigenvalue weighted by atomic mass is 10.0. The number of carbonyl (C=O) groups is 2. The standard InChI is InChI=1S/C30H35ClFN3O4S/c1-21(2)18-33-30(37)28(16-23-11-6-5-7-12-23)34(19-24-13-9-8-10-22(24)3)29(36)20-35(40(4,38)39)25-14-15-27(32)26(31)17-25/h5-15,17,21,28H,16,18-20H2,1-4H3,(H,33,37). The zero-order valence-electron chi connectivity index (χ0n) is 23.1. The Morgan fingerprint density at radius 2 is 1.65 bits per heavy atom. The summed E-state index contributed by atoms with van der Waals surface area (Å²) in [6.07, 6.45) is 1.18. The number of nitrogens with one attached hydrogen (secondary N) is 1. The van der Waals surface area contributed by atoms with Gasteiger partial charge in [0.15, 0.2) is 0 Å². The summed E-state index contributed by atoms with van der Waals surface area (Å²) in [5.74, 6) is -1.45. The van der Waals surface area contributed by atoms with Crippen LogP contribution in [0, 0.1) is 18.7 Å². The molecule has 0 bridgehead atoms. The van der Waals surface area contributed by atoms with Crippen molar-refractivity contribution < 1.29 is 22.4 Å². The van der Waals surface area contributed by atoms with Crippen molar-refractivity contribution in [3.63, 3.8) is 0 Å². The van der Waals surface area contributed by atoms with Gasteiger partial charge in [0.25, 0.3) is 0 Å². The Labute approximate surface area is 241 Å². The highest BCUT2D eigenvalue weighted by molar-refractivity contribution is 7.92. The second-order valence-corrected chi connectivity index (χ2v) is 12.5. The van der Waals surface area contributed by atoms with Crippen molar-refractivity contribution in [1.29, 1.82) is 0 Å². The van der Waals surface area contributed by atoms with Crippen LogP contribution in [0.25, 0.3) is 0 Å². The lowest BCUT2D eigenvalue weighted by Gasteiger charge is -2.34. The first-order valence-electron chi connectivity index (χ1n) is 12.9. The van der Waals surface area contributed by atoms with E-state index in [0.29, 0.717) is 6.54 Å². The Morgan fingerprint density at radius 3 is 2.25 bits per heavy atom. The number of benzene rings is 3. The first kappa shape index (κ1) is 31.1. The summed E-state index contributed by atoms with van der Waals surface area (Å²) in [5.41, 5.74) is 2.63. The maximum Gasteiger partial charge on any atom is 0.244 e. The Hall–Kier alpha value is -3.43.